The predicted octanol–water partition coefficient (Wildman–Crippen LogP) is 0.944. The highest BCUT2D eigenvalue weighted by Crippen LogP contribution is 2.45. The Hall–Kier alpha value is -1.11. The van der Waals surface area contributed by atoms with Gasteiger partial charge in [-0.25, -0.2) is 4.98 Å². The molecule has 1 aliphatic carbocycles. The molecule has 0 unspecified atom stereocenters. The van der Waals surface area contributed by atoms with E-state index in [4.69, 9.17) is 15.0 Å². The number of hydrogen-bond donors (Lipinski definition) is 2. The molecule has 2 fully saturated rings. The minimum Gasteiger partial charge on any atom is -0.398 e. The molecule has 1 aromatic rings. The van der Waals surface area contributed by atoms with Crippen molar-refractivity contribution in [1.29, 1.82) is 0 Å². The fourth-order valence-corrected chi connectivity index (χ4v) is 2.41. The van der Waals surface area contributed by atoms with Gasteiger partial charge in [-0.2, -0.15) is 0 Å². The standard InChI is InChI=1S/C14H21BN2O3/c1-12(2)13(3,4)20-15(19-12)11-9(14(18)7-8-14)5-6-10(16)17-11/h5-6,18H,7-8H2,1-4H3,(H2,16,17). The van der Waals surface area contributed by atoms with Crippen LogP contribution in [0.1, 0.15) is 46.1 Å². The number of anilines is 1. The zero-order valence-corrected chi connectivity index (χ0v) is 12.4. The van der Waals surface area contributed by atoms with Crippen LogP contribution >= 0.6 is 0 Å². The van der Waals surface area contributed by atoms with Gasteiger partial charge in [0.25, 0.3) is 0 Å². The second kappa shape index (κ2) is 3.96. The van der Waals surface area contributed by atoms with Crippen molar-refractivity contribution in [3.63, 3.8) is 0 Å². The van der Waals surface area contributed by atoms with Gasteiger partial charge in [0, 0.05) is 5.56 Å². The Morgan fingerprint density at radius 1 is 1.15 bits per heavy atom. The number of nitrogen functional groups attached to an aromatic ring is 1. The van der Waals surface area contributed by atoms with Crippen molar-refractivity contribution in [2.45, 2.75) is 57.3 Å². The predicted molar refractivity (Wildman–Crippen MR) is 77.5 cm³/mol. The SMILES string of the molecule is CC1(C)OB(c2nc(N)ccc2C2(O)CC2)OC1(C)C. The summed E-state index contributed by atoms with van der Waals surface area (Å²) in [5, 5.41) is 10.4. The van der Waals surface area contributed by atoms with Gasteiger partial charge in [-0.15, -0.1) is 0 Å². The molecule has 0 atom stereocenters. The lowest BCUT2D eigenvalue weighted by molar-refractivity contribution is 0.00578. The first kappa shape index (κ1) is 13.9. The minimum absolute atomic E-state index is 0.405. The lowest BCUT2D eigenvalue weighted by Gasteiger charge is -2.32. The highest BCUT2D eigenvalue weighted by Gasteiger charge is 2.55. The van der Waals surface area contributed by atoms with Gasteiger partial charge >= 0.3 is 7.12 Å². The van der Waals surface area contributed by atoms with Crippen molar-refractivity contribution < 1.29 is 14.4 Å². The molecule has 1 saturated heterocycles. The maximum Gasteiger partial charge on any atom is 0.515 e. The Kier molecular flexibility index (Phi) is 2.75. The third-order valence-corrected chi connectivity index (χ3v) is 4.65. The number of rotatable bonds is 2. The summed E-state index contributed by atoms with van der Waals surface area (Å²) in [7, 11) is -0.594. The van der Waals surface area contributed by atoms with Crippen LogP contribution in [0.3, 0.4) is 0 Å². The Labute approximate surface area is 119 Å². The summed E-state index contributed by atoms with van der Waals surface area (Å²) in [6, 6.07) is 3.54. The summed E-state index contributed by atoms with van der Waals surface area (Å²) in [5.41, 5.74) is 5.49. The van der Waals surface area contributed by atoms with E-state index in [1.807, 2.05) is 33.8 Å². The van der Waals surface area contributed by atoms with E-state index in [-0.39, 0.29) is 0 Å². The molecule has 3 N–H and O–H groups in total. The van der Waals surface area contributed by atoms with Gasteiger partial charge in [0.15, 0.2) is 0 Å². The zero-order valence-electron chi connectivity index (χ0n) is 12.4. The average Bonchev–Trinajstić information content (AvgIpc) is 3.01. The lowest BCUT2D eigenvalue weighted by atomic mass is 9.79. The van der Waals surface area contributed by atoms with Crippen LogP contribution in [0.25, 0.3) is 0 Å². The first-order chi connectivity index (χ1) is 9.15. The largest absolute Gasteiger partial charge is 0.515 e. The van der Waals surface area contributed by atoms with Gasteiger partial charge in [-0.1, -0.05) is 6.07 Å². The van der Waals surface area contributed by atoms with Crippen LogP contribution in [0.2, 0.25) is 0 Å². The van der Waals surface area contributed by atoms with E-state index in [2.05, 4.69) is 4.98 Å². The summed E-state index contributed by atoms with van der Waals surface area (Å²) in [6.07, 6.45) is 1.48. The molecule has 2 heterocycles. The first-order valence-electron chi connectivity index (χ1n) is 7.00. The quantitative estimate of drug-likeness (QED) is 0.786. The first-order valence-corrected chi connectivity index (χ1v) is 7.00. The zero-order chi connectivity index (χ0) is 14.8. The Bertz CT molecular complexity index is 539. The summed E-state index contributed by atoms with van der Waals surface area (Å²) >= 11 is 0. The topological polar surface area (TPSA) is 77.6 Å². The smallest absolute Gasteiger partial charge is 0.398 e. The highest BCUT2D eigenvalue weighted by molar-refractivity contribution is 6.61. The average molecular weight is 276 g/mol. The van der Waals surface area contributed by atoms with Crippen LogP contribution in [0.4, 0.5) is 5.82 Å². The Balaban J connectivity index is 2.01. The van der Waals surface area contributed by atoms with E-state index in [1.54, 1.807) is 6.07 Å². The minimum atomic E-state index is -0.792. The molecule has 0 amide bonds. The molecule has 108 valence electrons. The molecule has 0 aromatic carbocycles. The number of hydrogen-bond acceptors (Lipinski definition) is 5. The number of pyridine rings is 1. The molecular weight excluding hydrogens is 255 g/mol. The van der Waals surface area contributed by atoms with Crippen LogP contribution in [0.5, 0.6) is 0 Å². The van der Waals surface area contributed by atoms with Crippen molar-refractivity contribution in [2.75, 3.05) is 5.73 Å². The van der Waals surface area contributed by atoms with Gasteiger partial charge in [-0.3, -0.25) is 0 Å². The van der Waals surface area contributed by atoms with E-state index >= 15 is 0 Å². The fraction of sp³-hybridized carbons (Fsp3) is 0.643. The van der Waals surface area contributed by atoms with Gasteiger partial charge in [-0.05, 0) is 46.6 Å². The van der Waals surface area contributed by atoms with Gasteiger partial charge in [0.1, 0.15) is 5.82 Å². The van der Waals surface area contributed by atoms with Crippen LogP contribution < -0.4 is 11.3 Å². The third-order valence-electron chi connectivity index (χ3n) is 4.65. The van der Waals surface area contributed by atoms with Crippen LogP contribution in [0, 0.1) is 0 Å². The summed E-state index contributed by atoms with van der Waals surface area (Å²) < 4.78 is 12.0. The normalized spacial score (nSPS) is 25.8. The molecule has 0 spiro atoms. The van der Waals surface area contributed by atoms with Gasteiger partial charge < -0.3 is 20.1 Å². The highest BCUT2D eigenvalue weighted by atomic mass is 16.7. The summed E-state index contributed by atoms with van der Waals surface area (Å²) in [4.78, 5) is 4.36. The summed E-state index contributed by atoms with van der Waals surface area (Å²) in [6.45, 7) is 7.96. The molecule has 3 rings (SSSR count). The van der Waals surface area contributed by atoms with Gasteiger partial charge in [0.2, 0.25) is 0 Å². The van der Waals surface area contributed by atoms with E-state index in [0.717, 1.165) is 18.4 Å². The molecule has 1 saturated carbocycles. The fourth-order valence-electron chi connectivity index (χ4n) is 2.41. The van der Waals surface area contributed by atoms with E-state index in [0.29, 0.717) is 11.4 Å². The van der Waals surface area contributed by atoms with Gasteiger partial charge in [0.05, 0.1) is 22.4 Å². The van der Waals surface area contributed by atoms with Crippen molar-refractivity contribution >= 4 is 18.5 Å². The monoisotopic (exact) mass is 276 g/mol. The van der Waals surface area contributed by atoms with E-state index < -0.39 is 23.9 Å². The Morgan fingerprint density at radius 2 is 1.70 bits per heavy atom. The molecule has 6 heteroatoms. The number of aromatic nitrogens is 1. The molecular formula is C14H21BN2O3. The number of aliphatic hydroxyl groups is 1. The molecule has 20 heavy (non-hydrogen) atoms. The molecule has 0 bridgehead atoms. The van der Waals surface area contributed by atoms with Crippen LogP contribution in [-0.4, -0.2) is 28.4 Å². The van der Waals surface area contributed by atoms with Crippen molar-refractivity contribution in [2.24, 2.45) is 0 Å². The summed E-state index contributed by atoms with van der Waals surface area (Å²) in [5.74, 6) is 0.405. The van der Waals surface area contributed by atoms with Crippen molar-refractivity contribution in [3.05, 3.63) is 17.7 Å². The second-order valence-electron chi connectivity index (χ2n) is 6.79. The maximum absolute atomic E-state index is 10.4. The molecule has 5 nitrogen and oxygen atoms in total. The number of nitrogens with zero attached hydrogens (tertiary/aromatic N) is 1. The molecule has 1 aromatic heterocycles. The molecule has 1 aliphatic heterocycles. The lowest BCUT2D eigenvalue weighted by Crippen LogP contribution is -2.41. The van der Waals surface area contributed by atoms with Crippen LogP contribution in [0.15, 0.2) is 12.1 Å². The van der Waals surface area contributed by atoms with E-state index in [9.17, 15) is 5.11 Å². The third kappa shape index (κ3) is 2.03. The Morgan fingerprint density at radius 3 is 2.20 bits per heavy atom. The van der Waals surface area contributed by atoms with Crippen molar-refractivity contribution in [1.82, 2.24) is 4.98 Å². The molecule has 2 aliphatic rings. The van der Waals surface area contributed by atoms with E-state index in [1.165, 1.54) is 0 Å². The maximum atomic E-state index is 10.4. The van der Waals surface area contributed by atoms with Crippen molar-refractivity contribution in [3.8, 4) is 0 Å². The molecule has 0 radical (unpaired) electrons. The number of nitrogens with two attached hydrogens (primary N) is 1. The van der Waals surface area contributed by atoms with Crippen LogP contribution in [-0.2, 0) is 14.9 Å². The second-order valence-corrected chi connectivity index (χ2v) is 6.79.